The Bertz CT molecular complexity index is 1310. The van der Waals surface area contributed by atoms with Crippen LogP contribution in [0.5, 0.6) is 0 Å². The Balaban J connectivity index is 1.68. The van der Waals surface area contributed by atoms with Gasteiger partial charge in [0.25, 0.3) is 5.69 Å². The zero-order valence-corrected chi connectivity index (χ0v) is 18.9. The van der Waals surface area contributed by atoms with E-state index < -0.39 is 22.4 Å². The minimum atomic E-state index is -4.69. The fourth-order valence-electron chi connectivity index (χ4n) is 3.29. The molecule has 11 heteroatoms. The van der Waals surface area contributed by atoms with Crippen molar-refractivity contribution in [2.24, 2.45) is 0 Å². The summed E-state index contributed by atoms with van der Waals surface area (Å²) in [6, 6.07) is 19.2. The van der Waals surface area contributed by atoms with Gasteiger partial charge in [0.1, 0.15) is 0 Å². The van der Waals surface area contributed by atoms with Crippen LogP contribution in [0.1, 0.15) is 16.7 Å². The second-order valence-corrected chi connectivity index (χ2v) is 8.70. The molecule has 0 saturated carbocycles. The van der Waals surface area contributed by atoms with Crippen molar-refractivity contribution in [1.29, 1.82) is 0 Å². The lowest BCUT2D eigenvalue weighted by Gasteiger charge is -2.12. The van der Waals surface area contributed by atoms with E-state index in [2.05, 4.69) is 10.2 Å². The number of hydrogen-bond donors (Lipinski definition) is 0. The molecule has 0 N–H and O–H groups in total. The van der Waals surface area contributed by atoms with Crippen molar-refractivity contribution < 1.29 is 18.1 Å². The van der Waals surface area contributed by atoms with Crippen LogP contribution in [0, 0.1) is 10.1 Å². The zero-order valence-electron chi connectivity index (χ0n) is 17.4. The summed E-state index contributed by atoms with van der Waals surface area (Å²) in [6.45, 7) is 0.427. The average molecular weight is 505 g/mol. The normalized spacial score (nSPS) is 11.5. The molecule has 0 aliphatic heterocycles. The van der Waals surface area contributed by atoms with Crippen molar-refractivity contribution in [3.63, 3.8) is 0 Å². The number of nitro groups is 1. The standard InChI is InChI=1S/C23H16ClF3N4O2S/c24-19-8-6-17(7-9-19)21-28-29-22(30(21)13-15-4-2-1-3-5-15)34-14-16-10-18(23(25,26)27)12-20(11-16)31(32)33/h1-12H,13-14H2. The maximum atomic E-state index is 13.2. The van der Waals surface area contributed by atoms with Crippen LogP contribution in [0.15, 0.2) is 78.0 Å². The molecule has 0 bridgehead atoms. The predicted octanol–water partition coefficient (Wildman–Crippen LogP) is 6.87. The van der Waals surface area contributed by atoms with Gasteiger partial charge in [-0.25, -0.2) is 0 Å². The van der Waals surface area contributed by atoms with Gasteiger partial charge in [-0.15, -0.1) is 10.2 Å². The summed E-state index contributed by atoms with van der Waals surface area (Å²) in [7, 11) is 0. The van der Waals surface area contributed by atoms with Crippen molar-refractivity contribution in [3.8, 4) is 11.4 Å². The summed E-state index contributed by atoms with van der Waals surface area (Å²) in [5.74, 6) is 0.608. The summed E-state index contributed by atoms with van der Waals surface area (Å²) in [5.41, 5.74) is 0.236. The molecule has 6 nitrogen and oxygen atoms in total. The van der Waals surface area contributed by atoms with Gasteiger partial charge >= 0.3 is 6.18 Å². The minimum absolute atomic E-state index is 0.0400. The van der Waals surface area contributed by atoms with Crippen molar-refractivity contribution >= 4 is 29.1 Å². The number of aromatic nitrogens is 3. The lowest BCUT2D eigenvalue weighted by molar-refractivity contribution is -0.385. The molecule has 0 saturated heterocycles. The van der Waals surface area contributed by atoms with Crippen LogP contribution < -0.4 is 0 Å². The van der Waals surface area contributed by atoms with Crippen molar-refractivity contribution in [1.82, 2.24) is 14.8 Å². The topological polar surface area (TPSA) is 73.8 Å². The number of nitrogens with zero attached hydrogens (tertiary/aromatic N) is 4. The van der Waals surface area contributed by atoms with E-state index in [4.69, 9.17) is 11.6 Å². The molecule has 174 valence electrons. The highest BCUT2D eigenvalue weighted by Gasteiger charge is 2.32. The molecule has 0 unspecified atom stereocenters. The number of non-ortho nitro benzene ring substituents is 1. The third-order valence-electron chi connectivity index (χ3n) is 4.89. The second-order valence-electron chi connectivity index (χ2n) is 7.32. The van der Waals surface area contributed by atoms with Gasteiger partial charge in [0.2, 0.25) is 0 Å². The first kappa shape index (κ1) is 23.8. The SMILES string of the molecule is O=[N+]([O-])c1cc(CSc2nnc(-c3ccc(Cl)cc3)n2Cc2ccccc2)cc(C(F)(F)F)c1. The Morgan fingerprint density at radius 2 is 1.68 bits per heavy atom. The van der Waals surface area contributed by atoms with E-state index in [0.717, 1.165) is 35.0 Å². The van der Waals surface area contributed by atoms with Crippen LogP contribution in [-0.4, -0.2) is 19.7 Å². The van der Waals surface area contributed by atoms with E-state index in [9.17, 15) is 23.3 Å². The van der Waals surface area contributed by atoms with Gasteiger partial charge < -0.3 is 0 Å². The van der Waals surface area contributed by atoms with E-state index in [1.807, 2.05) is 34.9 Å². The molecule has 0 fully saturated rings. The van der Waals surface area contributed by atoms with Gasteiger partial charge in [-0.2, -0.15) is 13.2 Å². The molecule has 0 atom stereocenters. The maximum absolute atomic E-state index is 13.2. The largest absolute Gasteiger partial charge is 0.416 e. The summed E-state index contributed by atoms with van der Waals surface area (Å²) < 4.78 is 41.6. The molecule has 1 aromatic heterocycles. The molecule has 0 radical (unpaired) electrons. The Labute approximate surface area is 201 Å². The molecule has 0 aliphatic carbocycles. The smallest absolute Gasteiger partial charge is 0.298 e. The molecule has 0 spiro atoms. The number of benzene rings is 3. The van der Waals surface area contributed by atoms with E-state index in [0.29, 0.717) is 28.6 Å². The fourth-order valence-corrected chi connectivity index (χ4v) is 4.28. The van der Waals surface area contributed by atoms with Gasteiger partial charge in [0, 0.05) is 28.5 Å². The van der Waals surface area contributed by atoms with Crippen LogP contribution in [0.2, 0.25) is 5.02 Å². The first-order chi connectivity index (χ1) is 16.2. The number of alkyl halides is 3. The number of thioether (sulfide) groups is 1. The summed E-state index contributed by atoms with van der Waals surface area (Å²) >= 11 is 7.15. The van der Waals surface area contributed by atoms with Crippen molar-refractivity contribution in [2.45, 2.75) is 23.6 Å². The quantitative estimate of drug-likeness (QED) is 0.156. The predicted molar refractivity (Wildman–Crippen MR) is 124 cm³/mol. The molecule has 4 aromatic rings. The highest BCUT2D eigenvalue weighted by Crippen LogP contribution is 2.35. The Kier molecular flexibility index (Phi) is 6.90. The highest BCUT2D eigenvalue weighted by atomic mass is 35.5. The Morgan fingerprint density at radius 1 is 0.971 bits per heavy atom. The Morgan fingerprint density at radius 3 is 2.32 bits per heavy atom. The van der Waals surface area contributed by atoms with Gasteiger partial charge in [-0.05, 0) is 41.5 Å². The average Bonchev–Trinajstić information content (AvgIpc) is 3.20. The monoisotopic (exact) mass is 504 g/mol. The first-order valence-electron chi connectivity index (χ1n) is 9.92. The number of rotatable bonds is 7. The molecule has 0 amide bonds. The minimum Gasteiger partial charge on any atom is -0.298 e. The van der Waals surface area contributed by atoms with Crippen molar-refractivity contribution in [2.75, 3.05) is 0 Å². The lowest BCUT2D eigenvalue weighted by Crippen LogP contribution is -2.07. The summed E-state index contributed by atoms with van der Waals surface area (Å²) in [4.78, 5) is 10.3. The van der Waals surface area contributed by atoms with Gasteiger partial charge in [0.05, 0.1) is 17.0 Å². The van der Waals surface area contributed by atoms with Crippen LogP contribution in [0.25, 0.3) is 11.4 Å². The fraction of sp³-hybridized carbons (Fsp3) is 0.130. The third kappa shape index (κ3) is 5.57. The number of halogens is 4. The van der Waals surface area contributed by atoms with Crippen LogP contribution >= 0.6 is 23.4 Å². The van der Waals surface area contributed by atoms with Gasteiger partial charge in [-0.3, -0.25) is 14.7 Å². The number of hydrogen-bond acceptors (Lipinski definition) is 5. The summed E-state index contributed by atoms with van der Waals surface area (Å²) in [6.07, 6.45) is -4.69. The first-order valence-corrected chi connectivity index (χ1v) is 11.3. The van der Waals surface area contributed by atoms with Gasteiger partial charge in [-0.1, -0.05) is 53.7 Å². The molecule has 0 aliphatic rings. The zero-order chi connectivity index (χ0) is 24.3. The van der Waals surface area contributed by atoms with Crippen LogP contribution in [0.4, 0.5) is 18.9 Å². The highest BCUT2D eigenvalue weighted by molar-refractivity contribution is 7.98. The Hall–Kier alpha value is -3.37. The van der Waals surface area contributed by atoms with Gasteiger partial charge in [0.15, 0.2) is 11.0 Å². The van der Waals surface area contributed by atoms with E-state index in [1.165, 1.54) is 0 Å². The molecule has 1 heterocycles. The molecule has 4 rings (SSSR count). The molecular formula is C23H16ClF3N4O2S. The van der Waals surface area contributed by atoms with E-state index in [-0.39, 0.29) is 11.3 Å². The van der Waals surface area contributed by atoms with Crippen molar-refractivity contribution in [3.05, 3.63) is 105 Å². The van der Waals surface area contributed by atoms with Crippen LogP contribution in [-0.2, 0) is 18.5 Å². The van der Waals surface area contributed by atoms with E-state index in [1.54, 1.807) is 24.3 Å². The molecule has 3 aromatic carbocycles. The molecule has 34 heavy (non-hydrogen) atoms. The lowest BCUT2D eigenvalue weighted by atomic mass is 10.1. The number of nitro benzene ring substituents is 1. The second kappa shape index (κ2) is 9.86. The summed E-state index contributed by atoms with van der Waals surface area (Å²) in [5, 5.41) is 20.7. The maximum Gasteiger partial charge on any atom is 0.416 e. The van der Waals surface area contributed by atoms with E-state index >= 15 is 0 Å². The molecular weight excluding hydrogens is 489 g/mol. The van der Waals surface area contributed by atoms with Crippen LogP contribution in [0.3, 0.4) is 0 Å². The third-order valence-corrected chi connectivity index (χ3v) is 6.18.